The molecular weight excluding hydrogens is 335 g/mol. The summed E-state index contributed by atoms with van der Waals surface area (Å²) in [6.07, 6.45) is 0. The van der Waals surface area contributed by atoms with Gasteiger partial charge in [-0.05, 0) is 24.6 Å². The number of carbonyl (C=O) groups is 2. The molecule has 3 aromatic rings. The molecular formula is C20H15O4P. The summed E-state index contributed by atoms with van der Waals surface area (Å²) >= 11 is 0. The number of hydrogen-bond acceptors (Lipinski definition) is 2. The van der Waals surface area contributed by atoms with Crippen LogP contribution in [0.4, 0.5) is 0 Å². The molecule has 0 saturated heterocycles. The van der Waals surface area contributed by atoms with Gasteiger partial charge in [0.25, 0.3) is 0 Å². The number of aromatic carboxylic acids is 2. The number of carboxylic acid groups (broad SMARTS) is 2. The largest absolute Gasteiger partial charge is 0.478 e. The number of benzene rings is 3. The first-order valence-electron chi connectivity index (χ1n) is 7.59. The molecule has 3 rings (SSSR count). The van der Waals surface area contributed by atoms with E-state index in [1.165, 1.54) is 6.07 Å². The Morgan fingerprint density at radius 2 is 1.16 bits per heavy atom. The van der Waals surface area contributed by atoms with Crippen LogP contribution in [0.3, 0.4) is 0 Å². The highest BCUT2D eigenvalue weighted by molar-refractivity contribution is 7.80. The van der Waals surface area contributed by atoms with Crippen molar-refractivity contribution in [1.82, 2.24) is 0 Å². The van der Waals surface area contributed by atoms with Crippen molar-refractivity contribution in [1.29, 1.82) is 0 Å². The molecule has 0 atom stereocenters. The monoisotopic (exact) mass is 350 g/mol. The van der Waals surface area contributed by atoms with E-state index in [-0.39, 0.29) is 11.1 Å². The fraction of sp³-hybridized carbons (Fsp3) is 0. The van der Waals surface area contributed by atoms with Crippen molar-refractivity contribution in [3.63, 3.8) is 0 Å². The fourth-order valence-corrected chi connectivity index (χ4v) is 5.18. The molecule has 0 heterocycles. The lowest BCUT2D eigenvalue weighted by atomic mass is 10.1. The van der Waals surface area contributed by atoms with Gasteiger partial charge in [0, 0.05) is 5.30 Å². The van der Waals surface area contributed by atoms with E-state index in [0.717, 1.165) is 10.6 Å². The third kappa shape index (κ3) is 3.44. The van der Waals surface area contributed by atoms with Crippen molar-refractivity contribution < 1.29 is 19.8 Å². The highest BCUT2D eigenvalue weighted by atomic mass is 31.1. The maximum atomic E-state index is 11.9. The van der Waals surface area contributed by atoms with Crippen molar-refractivity contribution in [3.8, 4) is 0 Å². The quantitative estimate of drug-likeness (QED) is 0.694. The normalized spacial score (nSPS) is 10.6. The molecule has 0 saturated carbocycles. The Morgan fingerprint density at radius 3 is 1.60 bits per heavy atom. The molecule has 0 spiro atoms. The first-order valence-corrected chi connectivity index (χ1v) is 8.93. The van der Waals surface area contributed by atoms with Gasteiger partial charge in [-0.15, -0.1) is 0 Å². The predicted molar refractivity (Wildman–Crippen MR) is 99.1 cm³/mol. The maximum absolute atomic E-state index is 11.9. The van der Waals surface area contributed by atoms with Crippen LogP contribution >= 0.6 is 7.92 Å². The maximum Gasteiger partial charge on any atom is 0.337 e. The van der Waals surface area contributed by atoms with E-state index in [9.17, 15) is 19.8 Å². The van der Waals surface area contributed by atoms with Gasteiger partial charge in [0.05, 0.1) is 11.1 Å². The Balaban J connectivity index is 2.30. The van der Waals surface area contributed by atoms with Crippen LogP contribution < -0.4 is 15.9 Å². The highest BCUT2D eigenvalue weighted by Gasteiger charge is 2.26. The van der Waals surface area contributed by atoms with E-state index in [1.54, 1.807) is 12.1 Å². The third-order valence-corrected chi connectivity index (χ3v) is 6.24. The lowest BCUT2D eigenvalue weighted by Gasteiger charge is -2.21. The van der Waals surface area contributed by atoms with Crippen molar-refractivity contribution in [2.75, 3.05) is 0 Å². The van der Waals surface area contributed by atoms with Gasteiger partial charge in [-0.2, -0.15) is 0 Å². The van der Waals surface area contributed by atoms with Gasteiger partial charge in [-0.25, -0.2) is 9.59 Å². The Morgan fingerprint density at radius 1 is 0.640 bits per heavy atom. The Hall–Kier alpha value is -2.97. The van der Waals surface area contributed by atoms with Gasteiger partial charge in [0.2, 0.25) is 0 Å². The molecule has 124 valence electrons. The van der Waals surface area contributed by atoms with E-state index < -0.39 is 19.9 Å². The lowest BCUT2D eigenvalue weighted by molar-refractivity contribution is 0.0652. The zero-order valence-electron chi connectivity index (χ0n) is 13.2. The standard InChI is InChI=1S/C20H15O4P/c21-19(22)16-12-7-13-17(18(16)20(23)24)25(14-8-3-1-4-9-14)15-10-5-2-6-11-15/h1-13H,(H,21,22)(H,23,24). The van der Waals surface area contributed by atoms with E-state index >= 15 is 0 Å². The molecule has 4 nitrogen and oxygen atoms in total. The summed E-state index contributed by atoms with van der Waals surface area (Å²) < 4.78 is 0. The van der Waals surface area contributed by atoms with Gasteiger partial charge in [0.15, 0.2) is 0 Å². The van der Waals surface area contributed by atoms with Gasteiger partial charge < -0.3 is 10.2 Å². The molecule has 0 aliphatic rings. The molecule has 0 fully saturated rings. The van der Waals surface area contributed by atoms with Crippen molar-refractivity contribution in [3.05, 3.63) is 90.0 Å². The lowest BCUT2D eigenvalue weighted by Crippen LogP contribution is -2.27. The average Bonchev–Trinajstić information content (AvgIpc) is 2.63. The first kappa shape index (κ1) is 16.9. The topological polar surface area (TPSA) is 74.6 Å². The van der Waals surface area contributed by atoms with Crippen LogP contribution in [0.1, 0.15) is 20.7 Å². The summed E-state index contributed by atoms with van der Waals surface area (Å²) in [7, 11) is -1.18. The molecule has 25 heavy (non-hydrogen) atoms. The molecule has 0 aliphatic heterocycles. The zero-order valence-corrected chi connectivity index (χ0v) is 14.1. The van der Waals surface area contributed by atoms with Crippen LogP contribution in [0.5, 0.6) is 0 Å². The summed E-state index contributed by atoms with van der Waals surface area (Å²) in [6, 6.07) is 23.8. The third-order valence-electron chi connectivity index (χ3n) is 3.76. The minimum atomic E-state index is -1.24. The van der Waals surface area contributed by atoms with Crippen LogP contribution in [0, 0.1) is 0 Å². The summed E-state index contributed by atoms with van der Waals surface area (Å²) in [6.45, 7) is 0. The molecule has 3 aromatic carbocycles. The van der Waals surface area contributed by atoms with Gasteiger partial charge in [0.1, 0.15) is 0 Å². The van der Waals surface area contributed by atoms with Crippen molar-refractivity contribution in [2.45, 2.75) is 0 Å². The SMILES string of the molecule is O=C(O)c1cccc(P(c2ccccc2)c2ccccc2)c1C(=O)O. The number of hydrogen-bond donors (Lipinski definition) is 2. The summed E-state index contributed by atoms with van der Waals surface area (Å²) in [5.74, 6) is -2.47. The van der Waals surface area contributed by atoms with E-state index in [2.05, 4.69) is 0 Å². The Bertz CT molecular complexity index is 868. The molecule has 0 radical (unpaired) electrons. The second-order valence-electron chi connectivity index (χ2n) is 5.32. The van der Waals surface area contributed by atoms with Crippen LogP contribution in [0.15, 0.2) is 78.9 Å². The van der Waals surface area contributed by atoms with Crippen LogP contribution in [0.25, 0.3) is 0 Å². The second kappa shape index (κ2) is 7.29. The van der Waals surface area contributed by atoms with Gasteiger partial charge >= 0.3 is 11.9 Å². The zero-order chi connectivity index (χ0) is 17.8. The Kier molecular flexibility index (Phi) is 4.92. The minimum Gasteiger partial charge on any atom is -0.478 e. The summed E-state index contributed by atoms with van der Waals surface area (Å²) in [4.78, 5) is 23.4. The first-order chi connectivity index (χ1) is 12.1. The van der Waals surface area contributed by atoms with Crippen molar-refractivity contribution >= 4 is 35.8 Å². The highest BCUT2D eigenvalue weighted by Crippen LogP contribution is 2.34. The minimum absolute atomic E-state index is 0.145. The smallest absolute Gasteiger partial charge is 0.337 e. The predicted octanol–water partition coefficient (Wildman–Crippen LogP) is 2.84. The van der Waals surface area contributed by atoms with E-state index in [0.29, 0.717) is 5.30 Å². The van der Waals surface area contributed by atoms with Crippen LogP contribution in [-0.4, -0.2) is 22.2 Å². The molecule has 5 heteroatoms. The van der Waals surface area contributed by atoms with Crippen LogP contribution in [-0.2, 0) is 0 Å². The van der Waals surface area contributed by atoms with Gasteiger partial charge in [-0.1, -0.05) is 72.8 Å². The molecule has 2 N–H and O–H groups in total. The molecule has 0 aliphatic carbocycles. The molecule has 0 unspecified atom stereocenters. The second-order valence-corrected chi connectivity index (χ2v) is 7.50. The number of carboxylic acids is 2. The summed E-state index contributed by atoms with van der Waals surface area (Å²) in [5, 5.41) is 21.6. The van der Waals surface area contributed by atoms with Gasteiger partial charge in [-0.3, -0.25) is 0 Å². The average molecular weight is 350 g/mol. The molecule has 0 aromatic heterocycles. The van der Waals surface area contributed by atoms with E-state index in [1.807, 2.05) is 60.7 Å². The fourth-order valence-electron chi connectivity index (χ4n) is 2.71. The van der Waals surface area contributed by atoms with E-state index in [4.69, 9.17) is 0 Å². The Labute approximate surface area is 146 Å². The number of rotatable bonds is 5. The molecule has 0 amide bonds. The van der Waals surface area contributed by atoms with Crippen molar-refractivity contribution in [2.24, 2.45) is 0 Å². The van der Waals surface area contributed by atoms with Crippen LogP contribution in [0.2, 0.25) is 0 Å². The summed E-state index contributed by atoms with van der Waals surface area (Å²) in [5.41, 5.74) is -0.335. The molecule has 0 bridgehead atoms.